The Hall–Kier alpha value is -3.83. The van der Waals surface area contributed by atoms with Gasteiger partial charge in [0.25, 0.3) is 17.6 Å². The first-order valence-electron chi connectivity index (χ1n) is 12.3. The summed E-state index contributed by atoms with van der Waals surface area (Å²) in [6.07, 6.45) is 1.55. The van der Waals surface area contributed by atoms with Crippen molar-refractivity contribution in [1.29, 1.82) is 0 Å². The van der Waals surface area contributed by atoms with Crippen LogP contribution >= 0.6 is 15.9 Å². The lowest BCUT2D eigenvalue weighted by Crippen LogP contribution is -2.55. The predicted molar refractivity (Wildman–Crippen MR) is 142 cm³/mol. The molecule has 1 amide bonds. The fourth-order valence-corrected chi connectivity index (χ4v) is 6.91. The van der Waals surface area contributed by atoms with Gasteiger partial charge in [0.05, 0.1) is 10.8 Å². The number of halogens is 1. The molecule has 10 nitrogen and oxygen atoms in total. The van der Waals surface area contributed by atoms with Gasteiger partial charge in [0.2, 0.25) is 0 Å². The fourth-order valence-electron chi connectivity index (χ4n) is 6.53. The van der Waals surface area contributed by atoms with Crippen LogP contribution < -0.4 is 10.1 Å². The molecule has 38 heavy (non-hydrogen) atoms. The molecule has 3 heterocycles. The van der Waals surface area contributed by atoms with Gasteiger partial charge in [-0.2, -0.15) is 0 Å². The Balaban J connectivity index is 1.43. The maximum Gasteiger partial charge on any atom is 0.269 e. The quantitative estimate of drug-likeness (QED) is 0.322. The van der Waals surface area contributed by atoms with E-state index in [1.165, 1.54) is 12.1 Å². The van der Waals surface area contributed by atoms with E-state index in [9.17, 15) is 25.0 Å². The largest absolute Gasteiger partial charge is 0.489 e. The molecule has 3 aliphatic heterocycles. The van der Waals surface area contributed by atoms with Gasteiger partial charge in [-0.1, -0.05) is 34.1 Å². The van der Waals surface area contributed by atoms with Crippen LogP contribution in [0.1, 0.15) is 35.4 Å². The highest BCUT2D eigenvalue weighted by Crippen LogP contribution is 2.59. The molecule has 0 radical (unpaired) electrons. The number of nitrogens with zero attached hydrogens (tertiary/aromatic N) is 3. The predicted octanol–water partition coefficient (Wildman–Crippen LogP) is 4.99. The van der Waals surface area contributed by atoms with Crippen molar-refractivity contribution in [1.82, 2.24) is 4.90 Å². The third kappa shape index (κ3) is 3.60. The molecule has 3 aliphatic rings. The molecule has 2 saturated heterocycles. The van der Waals surface area contributed by atoms with E-state index in [0.29, 0.717) is 29.1 Å². The number of non-ortho nitro benzene ring substituents is 1. The number of ether oxygens (including phenoxy) is 1. The van der Waals surface area contributed by atoms with Crippen molar-refractivity contribution in [3.8, 4) is 5.75 Å². The van der Waals surface area contributed by atoms with E-state index < -0.39 is 22.4 Å². The lowest BCUT2D eigenvalue weighted by Gasteiger charge is -2.32. The van der Waals surface area contributed by atoms with Crippen LogP contribution in [0.3, 0.4) is 0 Å². The topological polar surface area (TPSA) is 128 Å². The summed E-state index contributed by atoms with van der Waals surface area (Å²) in [6.45, 7) is 0.714. The summed E-state index contributed by atoms with van der Waals surface area (Å²) in [5.41, 5.74) is 1.21. The average molecular weight is 579 g/mol. The highest BCUT2D eigenvalue weighted by atomic mass is 79.9. The molecule has 0 aromatic heterocycles. The minimum atomic E-state index is -1.41. The van der Waals surface area contributed by atoms with Gasteiger partial charge < -0.3 is 10.1 Å². The molecule has 11 heteroatoms. The summed E-state index contributed by atoms with van der Waals surface area (Å²) in [5.74, 6) is -0.481. The molecule has 2 fully saturated rings. The molecule has 1 N–H and O–H groups in total. The van der Waals surface area contributed by atoms with Crippen LogP contribution in [0.25, 0.3) is 0 Å². The number of nitrogens with one attached hydrogen (secondary N) is 1. The van der Waals surface area contributed by atoms with Gasteiger partial charge in [-0.25, -0.2) is 0 Å². The number of nitro groups is 2. The van der Waals surface area contributed by atoms with Gasteiger partial charge in [-0.05, 0) is 54.8 Å². The molecule has 0 aliphatic carbocycles. The number of fused-ring (bicyclic) bond motifs is 4. The molecule has 1 spiro atoms. The lowest BCUT2D eigenvalue weighted by atomic mass is 9.77. The van der Waals surface area contributed by atoms with Crippen molar-refractivity contribution < 1.29 is 19.4 Å². The van der Waals surface area contributed by atoms with Crippen molar-refractivity contribution in [3.63, 3.8) is 0 Å². The van der Waals surface area contributed by atoms with E-state index in [1.54, 1.807) is 24.3 Å². The van der Waals surface area contributed by atoms with Gasteiger partial charge in [-0.3, -0.25) is 29.9 Å². The van der Waals surface area contributed by atoms with Crippen LogP contribution in [0.2, 0.25) is 0 Å². The monoisotopic (exact) mass is 578 g/mol. The fraction of sp³-hybridized carbons (Fsp3) is 0.296. The van der Waals surface area contributed by atoms with Crippen LogP contribution in [-0.2, 0) is 16.9 Å². The molecule has 0 saturated carbocycles. The van der Waals surface area contributed by atoms with Crippen molar-refractivity contribution in [3.05, 3.63) is 108 Å². The Bertz CT molecular complexity index is 1460. The zero-order valence-electron chi connectivity index (χ0n) is 20.1. The molecule has 194 valence electrons. The molecule has 0 bridgehead atoms. The highest BCUT2D eigenvalue weighted by molar-refractivity contribution is 9.10. The minimum absolute atomic E-state index is 0.0143. The molecular weight excluding hydrogens is 556 g/mol. The molecule has 0 unspecified atom stereocenters. The zero-order chi connectivity index (χ0) is 26.6. The van der Waals surface area contributed by atoms with E-state index in [1.807, 2.05) is 35.2 Å². The maximum absolute atomic E-state index is 13.7. The molecule has 6 rings (SSSR count). The molecule has 3 aromatic rings. The normalized spacial score (nSPS) is 25.7. The Morgan fingerprint density at radius 3 is 2.58 bits per heavy atom. The summed E-state index contributed by atoms with van der Waals surface area (Å²) >= 11 is 3.52. The number of amides is 1. The number of rotatable bonds is 6. The van der Waals surface area contributed by atoms with Crippen LogP contribution in [0.5, 0.6) is 5.75 Å². The van der Waals surface area contributed by atoms with Gasteiger partial charge >= 0.3 is 0 Å². The third-order valence-electron chi connectivity index (χ3n) is 7.97. The first-order chi connectivity index (χ1) is 18.3. The second-order valence-corrected chi connectivity index (χ2v) is 10.7. The summed E-state index contributed by atoms with van der Waals surface area (Å²) in [6, 6.07) is 17.3. The van der Waals surface area contributed by atoms with Crippen LogP contribution in [0, 0.1) is 20.2 Å². The van der Waals surface area contributed by atoms with Crippen molar-refractivity contribution in [2.75, 3.05) is 11.9 Å². The SMILES string of the molecule is O=C1Nc2ccccc2[C@]12[C@H]([N+](=O)[O-])[C@@H](c1cc(Br)ccc1OCc1ccc([N+](=O)[O-])cc1)[C@H]1CCCN12. The Morgan fingerprint density at radius 1 is 1.08 bits per heavy atom. The van der Waals surface area contributed by atoms with Gasteiger partial charge in [0.15, 0.2) is 5.54 Å². The van der Waals surface area contributed by atoms with Crippen LogP contribution in [0.15, 0.2) is 71.2 Å². The summed E-state index contributed by atoms with van der Waals surface area (Å²) < 4.78 is 6.93. The lowest BCUT2D eigenvalue weighted by molar-refractivity contribution is -0.534. The molecule has 3 aromatic carbocycles. The second kappa shape index (κ2) is 9.17. The van der Waals surface area contributed by atoms with Gasteiger partial charge in [-0.15, -0.1) is 0 Å². The number of hydrogen-bond donors (Lipinski definition) is 1. The first-order valence-corrected chi connectivity index (χ1v) is 13.1. The zero-order valence-corrected chi connectivity index (χ0v) is 21.7. The highest BCUT2D eigenvalue weighted by Gasteiger charge is 2.73. The average Bonchev–Trinajstić information content (AvgIpc) is 3.56. The maximum atomic E-state index is 13.7. The summed E-state index contributed by atoms with van der Waals surface area (Å²) in [4.78, 5) is 38.8. The van der Waals surface area contributed by atoms with E-state index >= 15 is 0 Å². The van der Waals surface area contributed by atoms with E-state index in [2.05, 4.69) is 21.2 Å². The molecular formula is C27H23BrN4O6. The summed E-state index contributed by atoms with van der Waals surface area (Å²) in [5, 5.41) is 26.8. The number of carbonyl (C=O) groups excluding carboxylic acids is 1. The number of hydrogen-bond acceptors (Lipinski definition) is 7. The summed E-state index contributed by atoms with van der Waals surface area (Å²) in [7, 11) is 0. The van der Waals surface area contributed by atoms with E-state index in [0.717, 1.165) is 22.9 Å². The Labute approximate surface area is 226 Å². The molecule has 4 atom stereocenters. The Morgan fingerprint density at radius 2 is 1.84 bits per heavy atom. The number of carbonyl (C=O) groups is 1. The first kappa shape index (κ1) is 24.5. The number of nitro benzene ring substituents is 1. The van der Waals surface area contributed by atoms with E-state index in [4.69, 9.17) is 4.74 Å². The second-order valence-electron chi connectivity index (χ2n) is 9.82. The van der Waals surface area contributed by atoms with Gasteiger partial charge in [0.1, 0.15) is 12.4 Å². The van der Waals surface area contributed by atoms with Crippen LogP contribution in [0.4, 0.5) is 11.4 Å². The number of benzene rings is 3. The van der Waals surface area contributed by atoms with E-state index in [-0.39, 0.29) is 29.2 Å². The third-order valence-corrected chi connectivity index (χ3v) is 8.46. The standard InChI is InChI=1S/C27H23BrN4O6/c28-17-9-12-23(38-15-16-7-10-18(11-8-16)31(34)35)19(14-17)24-22-6-3-13-30(22)27(25(24)32(36)37)20-4-1-2-5-21(20)29-26(27)33/h1-2,4-5,7-12,14,22,24-25H,3,6,13,15H2,(H,29,33)/t22-,24+,25-,27+/m1/s1. The minimum Gasteiger partial charge on any atom is -0.489 e. The van der Waals surface area contributed by atoms with Crippen LogP contribution in [-0.4, -0.2) is 39.3 Å². The number of para-hydroxylation sites is 1. The van der Waals surface area contributed by atoms with Gasteiger partial charge in [0, 0.05) is 50.9 Å². The van der Waals surface area contributed by atoms with Crippen molar-refractivity contribution in [2.24, 2.45) is 0 Å². The van der Waals surface area contributed by atoms with Crippen molar-refractivity contribution >= 4 is 33.2 Å². The smallest absolute Gasteiger partial charge is 0.269 e. The van der Waals surface area contributed by atoms with Crippen molar-refractivity contribution in [2.45, 2.75) is 43.0 Å². The Kier molecular flexibility index (Phi) is 5.92. The number of anilines is 1.